The van der Waals surface area contributed by atoms with E-state index in [1.165, 1.54) is 12.8 Å². The van der Waals surface area contributed by atoms with Crippen LogP contribution in [0.4, 0.5) is 4.79 Å². The maximum Gasteiger partial charge on any atom is 0.317 e. The number of piperidine rings is 1. The number of carbonyl (C=O) groups is 1. The largest absolute Gasteiger partial charge is 0.378 e. The zero-order valence-electron chi connectivity index (χ0n) is 13.3. The Bertz CT molecular complexity index is 506. The van der Waals surface area contributed by atoms with E-state index in [2.05, 4.69) is 16.4 Å². The van der Waals surface area contributed by atoms with Crippen LogP contribution in [0.2, 0.25) is 0 Å². The molecule has 1 N–H and O–H groups in total. The van der Waals surface area contributed by atoms with Crippen LogP contribution in [0.1, 0.15) is 36.8 Å². The molecule has 0 aliphatic carbocycles. The third-order valence-corrected chi connectivity index (χ3v) is 4.69. The third-order valence-electron chi connectivity index (χ3n) is 4.69. The number of hydrogen-bond acceptors (Lipinski definition) is 3. The Kier molecular flexibility index (Phi) is 4.93. The molecular weight excluding hydrogens is 278 g/mol. The maximum atomic E-state index is 12.2. The summed E-state index contributed by atoms with van der Waals surface area (Å²) in [5.41, 5.74) is 2.16. The van der Waals surface area contributed by atoms with Crippen LogP contribution in [0, 0.1) is 12.8 Å². The number of carbonyl (C=O) groups excluding carboxylic acids is 1. The Balaban J connectivity index is 1.43. The van der Waals surface area contributed by atoms with Crippen molar-refractivity contribution in [2.24, 2.45) is 5.92 Å². The van der Waals surface area contributed by atoms with Gasteiger partial charge in [0.25, 0.3) is 0 Å². The van der Waals surface area contributed by atoms with Crippen molar-refractivity contribution in [3.8, 4) is 0 Å². The molecule has 5 heteroatoms. The predicted molar refractivity (Wildman–Crippen MR) is 84.5 cm³/mol. The third kappa shape index (κ3) is 3.77. The smallest absolute Gasteiger partial charge is 0.317 e. The first-order valence-corrected chi connectivity index (χ1v) is 8.27. The Morgan fingerprint density at radius 2 is 2.18 bits per heavy atom. The Hall–Kier alpha value is -1.62. The molecule has 2 amide bonds. The van der Waals surface area contributed by atoms with Crippen LogP contribution < -0.4 is 5.32 Å². The lowest BCUT2D eigenvalue weighted by molar-refractivity contribution is 0.0372. The van der Waals surface area contributed by atoms with Gasteiger partial charge in [0.05, 0.1) is 6.10 Å². The molecule has 2 saturated heterocycles. The first-order valence-electron chi connectivity index (χ1n) is 8.27. The summed E-state index contributed by atoms with van der Waals surface area (Å²) < 4.78 is 5.78. The van der Waals surface area contributed by atoms with Crippen LogP contribution in [-0.2, 0) is 11.3 Å². The van der Waals surface area contributed by atoms with Gasteiger partial charge in [-0.2, -0.15) is 0 Å². The minimum Gasteiger partial charge on any atom is -0.378 e. The molecule has 2 aliphatic heterocycles. The summed E-state index contributed by atoms with van der Waals surface area (Å²) in [7, 11) is 0. The van der Waals surface area contributed by atoms with Crippen LogP contribution in [0.5, 0.6) is 0 Å². The van der Waals surface area contributed by atoms with Crippen LogP contribution >= 0.6 is 0 Å². The number of nitrogens with one attached hydrogen (secondary N) is 1. The van der Waals surface area contributed by atoms with Gasteiger partial charge in [-0.05, 0) is 49.7 Å². The van der Waals surface area contributed by atoms with Crippen molar-refractivity contribution in [2.75, 3.05) is 19.7 Å². The second-order valence-corrected chi connectivity index (χ2v) is 6.41. The predicted octanol–water partition coefficient (Wildman–Crippen LogP) is 2.49. The van der Waals surface area contributed by atoms with Gasteiger partial charge in [0.1, 0.15) is 0 Å². The number of nitrogens with zero attached hydrogens (tertiary/aromatic N) is 2. The lowest BCUT2D eigenvalue weighted by atomic mass is 9.90. The number of pyridine rings is 1. The van der Waals surface area contributed by atoms with E-state index in [0.29, 0.717) is 18.6 Å². The van der Waals surface area contributed by atoms with Crippen molar-refractivity contribution in [1.82, 2.24) is 15.2 Å². The minimum atomic E-state index is 0.0345. The van der Waals surface area contributed by atoms with Crippen LogP contribution in [0.25, 0.3) is 0 Å². The van der Waals surface area contributed by atoms with Gasteiger partial charge in [-0.15, -0.1) is 0 Å². The number of aryl methyl sites for hydroxylation is 1. The average molecular weight is 303 g/mol. The van der Waals surface area contributed by atoms with Crippen molar-refractivity contribution in [1.29, 1.82) is 0 Å². The average Bonchev–Trinajstić information content (AvgIpc) is 3.07. The van der Waals surface area contributed by atoms with Gasteiger partial charge < -0.3 is 15.0 Å². The molecule has 3 heterocycles. The molecule has 0 radical (unpaired) electrons. The molecule has 0 unspecified atom stereocenters. The molecule has 0 saturated carbocycles. The topological polar surface area (TPSA) is 54.5 Å². The fraction of sp³-hybridized carbons (Fsp3) is 0.647. The van der Waals surface area contributed by atoms with E-state index in [0.717, 1.165) is 43.7 Å². The van der Waals surface area contributed by atoms with Crippen molar-refractivity contribution >= 4 is 6.03 Å². The zero-order chi connectivity index (χ0) is 15.4. The van der Waals surface area contributed by atoms with E-state index in [1.807, 2.05) is 18.0 Å². The quantitative estimate of drug-likeness (QED) is 0.933. The molecular formula is C17H25N3O2. The summed E-state index contributed by atoms with van der Waals surface area (Å²) in [6, 6.07) is 2.09. The second kappa shape index (κ2) is 7.09. The van der Waals surface area contributed by atoms with Crippen molar-refractivity contribution < 1.29 is 9.53 Å². The van der Waals surface area contributed by atoms with Crippen molar-refractivity contribution in [2.45, 2.75) is 45.3 Å². The van der Waals surface area contributed by atoms with Crippen LogP contribution in [0.15, 0.2) is 18.5 Å². The normalized spacial score (nSPS) is 22.8. The molecule has 0 bridgehead atoms. The van der Waals surface area contributed by atoms with Gasteiger partial charge >= 0.3 is 6.03 Å². The van der Waals surface area contributed by atoms with Gasteiger partial charge in [-0.25, -0.2) is 4.79 Å². The minimum absolute atomic E-state index is 0.0345. The maximum absolute atomic E-state index is 12.2. The second-order valence-electron chi connectivity index (χ2n) is 6.41. The van der Waals surface area contributed by atoms with Crippen molar-refractivity contribution in [3.63, 3.8) is 0 Å². The number of hydrogen-bond donors (Lipinski definition) is 1. The summed E-state index contributed by atoms with van der Waals surface area (Å²) >= 11 is 0. The summed E-state index contributed by atoms with van der Waals surface area (Å²) in [6.45, 7) is 5.13. The van der Waals surface area contributed by atoms with E-state index in [1.54, 1.807) is 6.20 Å². The van der Waals surface area contributed by atoms with Gasteiger partial charge in [-0.1, -0.05) is 6.07 Å². The van der Waals surface area contributed by atoms with E-state index in [9.17, 15) is 4.79 Å². The van der Waals surface area contributed by atoms with Gasteiger partial charge in [0, 0.05) is 38.6 Å². The van der Waals surface area contributed by atoms with E-state index in [-0.39, 0.29) is 6.03 Å². The highest BCUT2D eigenvalue weighted by Crippen LogP contribution is 2.28. The summed E-state index contributed by atoms with van der Waals surface area (Å²) in [5.74, 6) is 0.632. The van der Waals surface area contributed by atoms with E-state index >= 15 is 0 Å². The molecule has 2 fully saturated rings. The molecule has 5 nitrogen and oxygen atoms in total. The molecule has 1 aromatic heterocycles. The summed E-state index contributed by atoms with van der Waals surface area (Å²) in [5, 5.41) is 3.00. The highest BCUT2D eigenvalue weighted by Gasteiger charge is 2.30. The Labute approximate surface area is 132 Å². The first-order chi connectivity index (χ1) is 10.7. The Morgan fingerprint density at radius 3 is 2.86 bits per heavy atom. The van der Waals surface area contributed by atoms with E-state index in [4.69, 9.17) is 4.74 Å². The van der Waals surface area contributed by atoms with Gasteiger partial charge in [0.15, 0.2) is 0 Å². The summed E-state index contributed by atoms with van der Waals surface area (Å²) in [6.07, 6.45) is 8.56. The van der Waals surface area contributed by atoms with Gasteiger partial charge in [0.2, 0.25) is 0 Å². The van der Waals surface area contributed by atoms with Crippen LogP contribution in [0.3, 0.4) is 0 Å². The monoisotopic (exact) mass is 303 g/mol. The molecule has 22 heavy (non-hydrogen) atoms. The fourth-order valence-electron chi connectivity index (χ4n) is 3.45. The standard InChI is InChI=1S/C17H25N3O2/c1-13-9-14(11-18-10-13)12-19-17(21)20-6-4-15(5-7-20)16-3-2-8-22-16/h9-11,15-16H,2-8,12H2,1H3,(H,19,21)/t16-/m1/s1. The van der Waals surface area contributed by atoms with E-state index < -0.39 is 0 Å². The fourth-order valence-corrected chi connectivity index (χ4v) is 3.45. The zero-order valence-corrected chi connectivity index (χ0v) is 13.3. The number of rotatable bonds is 3. The highest BCUT2D eigenvalue weighted by molar-refractivity contribution is 5.74. The molecule has 1 atom stereocenters. The van der Waals surface area contributed by atoms with Gasteiger partial charge in [-0.3, -0.25) is 4.98 Å². The SMILES string of the molecule is Cc1cncc(CNC(=O)N2CCC([C@H]3CCCO3)CC2)c1. The summed E-state index contributed by atoms with van der Waals surface area (Å²) in [4.78, 5) is 18.3. The van der Waals surface area contributed by atoms with Crippen molar-refractivity contribution in [3.05, 3.63) is 29.6 Å². The first kappa shape index (κ1) is 15.3. The highest BCUT2D eigenvalue weighted by atomic mass is 16.5. The number of ether oxygens (including phenoxy) is 1. The number of amides is 2. The number of urea groups is 1. The lowest BCUT2D eigenvalue weighted by Gasteiger charge is -2.34. The molecule has 120 valence electrons. The number of likely N-dealkylation sites (tertiary alicyclic amines) is 1. The Morgan fingerprint density at radius 1 is 1.36 bits per heavy atom. The molecule has 3 rings (SSSR count). The lowest BCUT2D eigenvalue weighted by Crippen LogP contribution is -2.45. The number of aromatic nitrogens is 1. The molecule has 2 aliphatic rings. The van der Waals surface area contributed by atoms with Crippen LogP contribution in [-0.4, -0.2) is 41.7 Å². The molecule has 1 aromatic rings. The molecule has 0 aromatic carbocycles. The molecule has 0 spiro atoms.